The Labute approximate surface area is 245 Å². The van der Waals surface area contributed by atoms with Gasteiger partial charge in [-0.05, 0) is 63.1 Å². The van der Waals surface area contributed by atoms with Gasteiger partial charge in [0.25, 0.3) is 5.91 Å². The third-order valence-electron chi connectivity index (χ3n) is 6.66. The van der Waals surface area contributed by atoms with Crippen LogP contribution in [0.1, 0.15) is 49.3 Å². The molecule has 0 saturated heterocycles. The van der Waals surface area contributed by atoms with E-state index in [-0.39, 0.29) is 13.1 Å². The Morgan fingerprint density at radius 1 is 0.976 bits per heavy atom. The summed E-state index contributed by atoms with van der Waals surface area (Å²) in [5, 5.41) is 21.7. The van der Waals surface area contributed by atoms with Crippen molar-refractivity contribution in [2.75, 3.05) is 6.54 Å². The number of aromatic nitrogens is 1. The van der Waals surface area contributed by atoms with E-state index >= 15 is 0 Å². The van der Waals surface area contributed by atoms with Gasteiger partial charge in [-0.2, -0.15) is 0 Å². The van der Waals surface area contributed by atoms with E-state index in [2.05, 4.69) is 4.98 Å². The first-order valence-corrected chi connectivity index (χ1v) is 13.8. The Morgan fingerprint density at radius 2 is 1.64 bits per heavy atom. The van der Waals surface area contributed by atoms with Crippen LogP contribution in [-0.4, -0.2) is 44.3 Å². The van der Waals surface area contributed by atoms with Crippen LogP contribution in [0.2, 0.25) is 0 Å². The van der Waals surface area contributed by atoms with Crippen LogP contribution in [0.15, 0.2) is 84.9 Å². The Balaban J connectivity index is 1.51. The minimum atomic E-state index is -1.33. The predicted octanol–water partition coefficient (Wildman–Crippen LogP) is 5.71. The number of pyridine rings is 1. The van der Waals surface area contributed by atoms with Crippen molar-refractivity contribution in [2.24, 2.45) is 5.92 Å². The smallest absolute Gasteiger partial charge is 0.410 e. The van der Waals surface area contributed by atoms with Gasteiger partial charge in [0.1, 0.15) is 18.0 Å². The maximum absolute atomic E-state index is 13.1. The molecular formula is C33H37N3O6. The molecule has 42 heavy (non-hydrogen) atoms. The van der Waals surface area contributed by atoms with Crippen molar-refractivity contribution in [3.05, 3.63) is 107 Å². The third kappa shape index (κ3) is 8.05. The molecule has 3 aromatic carbocycles. The van der Waals surface area contributed by atoms with Crippen LogP contribution in [-0.2, 0) is 22.7 Å². The quantitative estimate of drug-likeness (QED) is 0.165. The molecule has 2 unspecified atom stereocenters. The van der Waals surface area contributed by atoms with Gasteiger partial charge >= 0.3 is 6.09 Å². The highest BCUT2D eigenvalue weighted by Gasteiger charge is 2.33. The van der Waals surface area contributed by atoms with Crippen LogP contribution in [0, 0.1) is 12.8 Å². The first kappa shape index (κ1) is 30.5. The molecule has 220 valence electrons. The van der Waals surface area contributed by atoms with Crippen molar-refractivity contribution in [1.82, 2.24) is 15.4 Å². The molecule has 0 spiro atoms. The molecule has 0 saturated carbocycles. The maximum atomic E-state index is 13.1. The molecule has 1 heterocycles. The highest BCUT2D eigenvalue weighted by molar-refractivity contribution is 5.82. The number of benzene rings is 3. The summed E-state index contributed by atoms with van der Waals surface area (Å²) in [6, 6.07) is 25.8. The lowest BCUT2D eigenvalue weighted by Crippen LogP contribution is -2.44. The normalized spacial score (nSPS) is 12.8. The van der Waals surface area contributed by atoms with Crippen LogP contribution < -0.4 is 10.2 Å². The number of aryl methyl sites for hydroxylation is 1. The number of carbonyl (C=O) groups excluding carboxylic acids is 2. The van der Waals surface area contributed by atoms with Gasteiger partial charge < -0.3 is 19.5 Å². The van der Waals surface area contributed by atoms with Gasteiger partial charge in [0.2, 0.25) is 0 Å². The second-order valence-electron chi connectivity index (χ2n) is 11.2. The maximum Gasteiger partial charge on any atom is 0.410 e. The number of carbonyl (C=O) groups is 2. The standard InChI is InChI=1S/C33H37N3O6/c1-22-18-25(27-12-8-9-13-29(27)34-22)21-41-26-16-14-24(15-17-26)30(37)28(31(38)35-40)20-36(32(39)42-33(2,3)4)19-23-10-6-5-7-11-23/h5-18,28,30,37,40H,19-21H2,1-4H3,(H,35,38). The molecule has 0 bridgehead atoms. The largest absolute Gasteiger partial charge is 0.489 e. The number of amides is 2. The zero-order valence-electron chi connectivity index (χ0n) is 24.3. The number of hydrogen-bond donors (Lipinski definition) is 3. The van der Waals surface area contributed by atoms with Gasteiger partial charge in [-0.25, -0.2) is 10.3 Å². The zero-order chi connectivity index (χ0) is 30.3. The second kappa shape index (κ2) is 13.5. The van der Waals surface area contributed by atoms with Gasteiger partial charge in [0, 0.05) is 29.7 Å². The number of ether oxygens (including phenoxy) is 2. The number of aliphatic hydroxyl groups is 1. The van der Waals surface area contributed by atoms with Crippen molar-refractivity contribution >= 4 is 22.9 Å². The van der Waals surface area contributed by atoms with E-state index in [0.29, 0.717) is 17.9 Å². The number of para-hydroxylation sites is 1. The zero-order valence-corrected chi connectivity index (χ0v) is 24.3. The fraction of sp³-hybridized carbons (Fsp3) is 0.303. The molecule has 0 fully saturated rings. The lowest BCUT2D eigenvalue weighted by molar-refractivity contribution is -0.138. The van der Waals surface area contributed by atoms with Gasteiger partial charge in [0.05, 0.1) is 17.5 Å². The minimum absolute atomic E-state index is 0.146. The molecule has 0 aliphatic heterocycles. The fourth-order valence-electron chi connectivity index (χ4n) is 4.65. The molecule has 2 amide bonds. The van der Waals surface area contributed by atoms with Crippen LogP contribution in [0.3, 0.4) is 0 Å². The SMILES string of the molecule is Cc1cc(COc2ccc(C(O)C(CN(Cc3ccccc3)C(=O)OC(C)(C)C)C(=O)NO)cc2)c2ccccc2n1. The van der Waals surface area contributed by atoms with Crippen LogP contribution in [0.25, 0.3) is 10.9 Å². The highest BCUT2D eigenvalue weighted by Crippen LogP contribution is 2.28. The summed E-state index contributed by atoms with van der Waals surface area (Å²) in [4.78, 5) is 31.8. The Bertz CT molecular complexity index is 1500. The van der Waals surface area contributed by atoms with E-state index in [1.54, 1.807) is 50.5 Å². The number of hydrogen-bond acceptors (Lipinski definition) is 7. The predicted molar refractivity (Wildman–Crippen MR) is 159 cm³/mol. The molecule has 0 aliphatic carbocycles. The first-order valence-electron chi connectivity index (χ1n) is 13.8. The van der Waals surface area contributed by atoms with Gasteiger partial charge in [-0.1, -0.05) is 60.7 Å². The molecule has 4 rings (SSSR count). The molecule has 3 N–H and O–H groups in total. The lowest BCUT2D eigenvalue weighted by atomic mass is 9.94. The summed E-state index contributed by atoms with van der Waals surface area (Å²) in [7, 11) is 0. The van der Waals surface area contributed by atoms with E-state index in [9.17, 15) is 19.9 Å². The molecule has 9 heteroatoms. The second-order valence-corrected chi connectivity index (χ2v) is 11.2. The monoisotopic (exact) mass is 571 g/mol. The number of nitrogens with one attached hydrogen (secondary N) is 1. The average Bonchev–Trinajstić information content (AvgIpc) is 2.97. The summed E-state index contributed by atoms with van der Waals surface area (Å²) in [5.41, 5.74) is 4.90. The van der Waals surface area contributed by atoms with E-state index in [1.165, 1.54) is 4.90 Å². The average molecular weight is 572 g/mol. The lowest BCUT2D eigenvalue weighted by Gasteiger charge is -2.31. The van der Waals surface area contributed by atoms with Crippen molar-refractivity contribution < 1.29 is 29.4 Å². The Kier molecular flexibility index (Phi) is 9.77. The van der Waals surface area contributed by atoms with E-state index in [0.717, 1.165) is 27.7 Å². The number of aliphatic hydroxyl groups excluding tert-OH is 1. The molecule has 9 nitrogen and oxygen atoms in total. The van der Waals surface area contributed by atoms with E-state index < -0.39 is 29.6 Å². The third-order valence-corrected chi connectivity index (χ3v) is 6.66. The topological polar surface area (TPSA) is 121 Å². The van der Waals surface area contributed by atoms with Crippen LogP contribution in [0.5, 0.6) is 5.75 Å². The highest BCUT2D eigenvalue weighted by atomic mass is 16.6. The Hall–Kier alpha value is -4.47. The summed E-state index contributed by atoms with van der Waals surface area (Å²) in [5.74, 6) is -1.44. The first-order chi connectivity index (χ1) is 20.0. The van der Waals surface area contributed by atoms with Crippen molar-refractivity contribution in [3.63, 3.8) is 0 Å². The molecule has 1 aromatic heterocycles. The summed E-state index contributed by atoms with van der Waals surface area (Å²) in [6.07, 6.45) is -1.98. The van der Waals surface area contributed by atoms with E-state index in [1.807, 2.05) is 67.6 Å². The molecule has 0 aliphatic rings. The molecule has 0 radical (unpaired) electrons. The Morgan fingerprint density at radius 3 is 2.31 bits per heavy atom. The minimum Gasteiger partial charge on any atom is -0.489 e. The summed E-state index contributed by atoms with van der Waals surface area (Å²) in [6.45, 7) is 7.46. The summed E-state index contributed by atoms with van der Waals surface area (Å²) < 4.78 is 11.6. The van der Waals surface area contributed by atoms with Crippen LogP contribution in [0.4, 0.5) is 4.79 Å². The van der Waals surface area contributed by atoms with Crippen molar-refractivity contribution in [1.29, 1.82) is 0 Å². The van der Waals surface area contributed by atoms with Crippen molar-refractivity contribution in [3.8, 4) is 5.75 Å². The number of nitrogens with zero attached hydrogens (tertiary/aromatic N) is 2. The summed E-state index contributed by atoms with van der Waals surface area (Å²) >= 11 is 0. The van der Waals surface area contributed by atoms with Gasteiger partial charge in [0.15, 0.2) is 0 Å². The number of hydroxylamine groups is 1. The number of rotatable bonds is 10. The fourth-order valence-corrected chi connectivity index (χ4v) is 4.65. The molecule has 2 atom stereocenters. The van der Waals surface area contributed by atoms with Crippen molar-refractivity contribution in [2.45, 2.75) is 52.6 Å². The van der Waals surface area contributed by atoms with E-state index in [4.69, 9.17) is 9.47 Å². The van der Waals surface area contributed by atoms with Gasteiger partial charge in [-0.15, -0.1) is 0 Å². The van der Waals surface area contributed by atoms with Gasteiger partial charge in [-0.3, -0.25) is 15.0 Å². The number of fused-ring (bicyclic) bond motifs is 1. The molecule has 4 aromatic rings. The molecular weight excluding hydrogens is 534 g/mol. The van der Waals surface area contributed by atoms with Crippen LogP contribution >= 0.6 is 0 Å².